The summed E-state index contributed by atoms with van der Waals surface area (Å²) >= 11 is 0. The topological polar surface area (TPSA) is 62.6 Å². The Bertz CT molecular complexity index is 359. The third-order valence-electron chi connectivity index (χ3n) is 2.47. The molecule has 0 radical (unpaired) electrons. The quantitative estimate of drug-likeness (QED) is 0.821. The Morgan fingerprint density at radius 2 is 2.25 bits per heavy atom. The first kappa shape index (κ1) is 12.3. The number of carbonyl (C=O) groups excluding carboxylic acids is 2. The van der Waals surface area contributed by atoms with E-state index in [4.69, 9.17) is 4.42 Å². The average molecular weight is 224 g/mol. The monoisotopic (exact) mass is 224 g/mol. The zero-order valence-electron chi connectivity index (χ0n) is 9.69. The normalized spacial score (nSPS) is 11.9. The predicted molar refractivity (Wildman–Crippen MR) is 58.5 cm³/mol. The van der Waals surface area contributed by atoms with E-state index in [0.29, 0.717) is 12.3 Å². The molecule has 0 unspecified atom stereocenters. The Kier molecular flexibility index (Phi) is 4.10. The fraction of sp³-hybridized carbons (Fsp3) is 0.455. The van der Waals surface area contributed by atoms with Gasteiger partial charge in [-0.2, -0.15) is 0 Å². The van der Waals surface area contributed by atoms with Crippen LogP contribution < -0.4 is 5.32 Å². The zero-order chi connectivity index (χ0) is 12.1. The molecule has 1 atom stereocenters. The molecule has 2 amide bonds. The number of hydrogen-bond donors (Lipinski definition) is 1. The number of carbonyl (C=O) groups is 2. The van der Waals surface area contributed by atoms with E-state index in [2.05, 4.69) is 5.32 Å². The Balaban J connectivity index is 2.43. The maximum atomic E-state index is 11.6. The number of furan rings is 1. The standard InChI is InChI=1S/C11H16N2O3/c1-8(13(3)9(2)14)11(15)12-7-10-5-4-6-16-10/h4-6,8H,7H2,1-3H3,(H,12,15)/t8-/m1/s1. The van der Waals surface area contributed by atoms with Crippen molar-refractivity contribution < 1.29 is 14.0 Å². The second kappa shape index (κ2) is 5.34. The van der Waals surface area contributed by atoms with Crippen LogP contribution in [0.15, 0.2) is 22.8 Å². The number of nitrogens with zero attached hydrogens (tertiary/aromatic N) is 1. The maximum Gasteiger partial charge on any atom is 0.242 e. The first-order valence-electron chi connectivity index (χ1n) is 5.06. The highest BCUT2D eigenvalue weighted by Crippen LogP contribution is 2.00. The highest BCUT2D eigenvalue weighted by Gasteiger charge is 2.19. The molecule has 0 bridgehead atoms. The van der Waals surface area contributed by atoms with Crippen LogP contribution in [0, 0.1) is 0 Å². The van der Waals surface area contributed by atoms with E-state index in [1.165, 1.54) is 11.8 Å². The van der Waals surface area contributed by atoms with Gasteiger partial charge in [-0.15, -0.1) is 0 Å². The fourth-order valence-electron chi connectivity index (χ4n) is 1.18. The van der Waals surface area contributed by atoms with Crippen molar-refractivity contribution in [1.82, 2.24) is 10.2 Å². The number of nitrogens with one attached hydrogen (secondary N) is 1. The largest absolute Gasteiger partial charge is 0.467 e. The van der Waals surface area contributed by atoms with Gasteiger partial charge in [0.15, 0.2) is 0 Å². The van der Waals surface area contributed by atoms with Gasteiger partial charge in [-0.1, -0.05) is 0 Å². The molecule has 1 N–H and O–H groups in total. The van der Waals surface area contributed by atoms with E-state index >= 15 is 0 Å². The summed E-state index contributed by atoms with van der Waals surface area (Å²) < 4.78 is 5.08. The van der Waals surface area contributed by atoms with Gasteiger partial charge in [0.05, 0.1) is 12.8 Å². The van der Waals surface area contributed by atoms with Crippen LogP contribution in [0.2, 0.25) is 0 Å². The van der Waals surface area contributed by atoms with E-state index in [1.54, 1.807) is 32.4 Å². The van der Waals surface area contributed by atoms with Crippen LogP contribution in [0.1, 0.15) is 19.6 Å². The van der Waals surface area contributed by atoms with E-state index in [0.717, 1.165) is 0 Å². The molecular weight excluding hydrogens is 208 g/mol. The fourth-order valence-corrected chi connectivity index (χ4v) is 1.18. The molecule has 0 aliphatic heterocycles. The van der Waals surface area contributed by atoms with Crippen LogP contribution in [0.5, 0.6) is 0 Å². The minimum absolute atomic E-state index is 0.138. The average Bonchev–Trinajstić information content (AvgIpc) is 2.76. The Morgan fingerprint density at radius 1 is 1.56 bits per heavy atom. The molecular formula is C11H16N2O3. The summed E-state index contributed by atoms with van der Waals surface area (Å²) in [6.45, 7) is 3.44. The highest BCUT2D eigenvalue weighted by atomic mass is 16.3. The molecule has 16 heavy (non-hydrogen) atoms. The Hall–Kier alpha value is -1.78. The SMILES string of the molecule is CC(=O)N(C)[C@H](C)C(=O)NCc1ccco1. The lowest BCUT2D eigenvalue weighted by atomic mass is 10.2. The van der Waals surface area contributed by atoms with Crippen LogP contribution >= 0.6 is 0 Å². The maximum absolute atomic E-state index is 11.6. The summed E-state index contributed by atoms with van der Waals surface area (Å²) in [5.41, 5.74) is 0. The van der Waals surface area contributed by atoms with Crippen molar-refractivity contribution in [2.45, 2.75) is 26.4 Å². The summed E-state index contributed by atoms with van der Waals surface area (Å²) in [4.78, 5) is 24.1. The highest BCUT2D eigenvalue weighted by molar-refractivity contribution is 5.86. The first-order valence-corrected chi connectivity index (χ1v) is 5.06. The molecule has 1 aromatic heterocycles. The summed E-state index contributed by atoms with van der Waals surface area (Å²) in [5, 5.41) is 2.69. The molecule has 0 aliphatic carbocycles. The molecule has 0 fully saturated rings. The molecule has 0 spiro atoms. The molecule has 0 saturated carbocycles. The van der Waals surface area contributed by atoms with Gasteiger partial charge < -0.3 is 14.6 Å². The lowest BCUT2D eigenvalue weighted by Gasteiger charge is -2.22. The van der Waals surface area contributed by atoms with Crippen LogP contribution in [0.25, 0.3) is 0 Å². The predicted octanol–water partition coefficient (Wildman–Crippen LogP) is 0.763. The molecule has 5 heteroatoms. The zero-order valence-corrected chi connectivity index (χ0v) is 9.69. The lowest BCUT2D eigenvalue weighted by molar-refractivity contribution is -0.136. The molecule has 1 rings (SSSR count). The molecule has 5 nitrogen and oxygen atoms in total. The van der Waals surface area contributed by atoms with Gasteiger partial charge in [-0.25, -0.2) is 0 Å². The smallest absolute Gasteiger partial charge is 0.242 e. The van der Waals surface area contributed by atoms with Gasteiger partial charge in [-0.3, -0.25) is 9.59 Å². The summed E-state index contributed by atoms with van der Waals surface area (Å²) in [7, 11) is 1.60. The van der Waals surface area contributed by atoms with Gasteiger partial charge >= 0.3 is 0 Å². The molecule has 0 aromatic carbocycles. The van der Waals surface area contributed by atoms with Crippen molar-refractivity contribution in [3.05, 3.63) is 24.2 Å². The third kappa shape index (κ3) is 3.12. The summed E-state index contributed by atoms with van der Waals surface area (Å²) in [6, 6.07) is 3.05. The van der Waals surface area contributed by atoms with E-state index in [-0.39, 0.29) is 11.8 Å². The van der Waals surface area contributed by atoms with Gasteiger partial charge in [0, 0.05) is 14.0 Å². The summed E-state index contributed by atoms with van der Waals surface area (Å²) in [5.74, 6) is 0.348. The minimum atomic E-state index is -0.479. The van der Waals surface area contributed by atoms with Crippen LogP contribution in [-0.4, -0.2) is 29.8 Å². The molecule has 0 aliphatic rings. The van der Waals surface area contributed by atoms with E-state index in [9.17, 15) is 9.59 Å². The van der Waals surface area contributed by atoms with Crippen molar-refractivity contribution in [3.63, 3.8) is 0 Å². The van der Waals surface area contributed by atoms with Gasteiger partial charge in [0.1, 0.15) is 11.8 Å². The lowest BCUT2D eigenvalue weighted by Crippen LogP contribution is -2.44. The van der Waals surface area contributed by atoms with Crippen LogP contribution in [0.4, 0.5) is 0 Å². The van der Waals surface area contributed by atoms with Gasteiger partial charge in [-0.05, 0) is 19.1 Å². The van der Waals surface area contributed by atoms with Gasteiger partial charge in [0.2, 0.25) is 11.8 Å². The third-order valence-corrected chi connectivity index (χ3v) is 2.47. The Labute approximate surface area is 94.4 Å². The molecule has 0 saturated heterocycles. The first-order chi connectivity index (χ1) is 7.52. The van der Waals surface area contributed by atoms with Crippen molar-refractivity contribution in [3.8, 4) is 0 Å². The summed E-state index contributed by atoms with van der Waals surface area (Å²) in [6.07, 6.45) is 1.55. The van der Waals surface area contributed by atoms with E-state index < -0.39 is 6.04 Å². The minimum Gasteiger partial charge on any atom is -0.467 e. The number of rotatable bonds is 4. The number of likely N-dealkylation sites (N-methyl/N-ethyl adjacent to an activating group) is 1. The van der Waals surface area contributed by atoms with Crippen molar-refractivity contribution >= 4 is 11.8 Å². The molecule has 1 heterocycles. The van der Waals surface area contributed by atoms with E-state index in [1.807, 2.05) is 0 Å². The molecule has 1 aromatic rings. The van der Waals surface area contributed by atoms with Crippen molar-refractivity contribution in [1.29, 1.82) is 0 Å². The second-order valence-corrected chi connectivity index (χ2v) is 3.60. The van der Waals surface area contributed by atoms with Crippen molar-refractivity contribution in [2.24, 2.45) is 0 Å². The van der Waals surface area contributed by atoms with Crippen LogP contribution in [-0.2, 0) is 16.1 Å². The molecule has 88 valence electrons. The van der Waals surface area contributed by atoms with Crippen LogP contribution in [0.3, 0.4) is 0 Å². The Morgan fingerprint density at radius 3 is 2.75 bits per heavy atom. The van der Waals surface area contributed by atoms with Gasteiger partial charge in [0.25, 0.3) is 0 Å². The second-order valence-electron chi connectivity index (χ2n) is 3.60. The number of hydrogen-bond acceptors (Lipinski definition) is 3. The number of amides is 2. The van der Waals surface area contributed by atoms with Crippen molar-refractivity contribution in [2.75, 3.05) is 7.05 Å².